The fourth-order valence-corrected chi connectivity index (χ4v) is 3.44. The predicted molar refractivity (Wildman–Crippen MR) is 110 cm³/mol. The van der Waals surface area contributed by atoms with Crippen LogP contribution in [0.2, 0.25) is 0 Å². The van der Waals surface area contributed by atoms with Crippen LogP contribution in [0.3, 0.4) is 0 Å². The summed E-state index contributed by atoms with van der Waals surface area (Å²) < 4.78 is 6.27. The third-order valence-electron chi connectivity index (χ3n) is 4.84. The van der Waals surface area contributed by atoms with Gasteiger partial charge in [-0.05, 0) is 25.1 Å². The Labute approximate surface area is 171 Å². The highest BCUT2D eigenvalue weighted by atomic mass is 16.5. The average molecular weight is 402 g/mol. The average Bonchev–Trinajstić information content (AvgIpc) is 3.18. The number of nitrogens with zero attached hydrogens (tertiary/aromatic N) is 1. The number of ketones is 2. The number of hydrogen-bond acceptors (Lipinski definition) is 5. The molecule has 4 rings (SSSR count). The summed E-state index contributed by atoms with van der Waals surface area (Å²) in [7, 11) is 0. The number of fused-ring (bicyclic) bond motifs is 1. The molecule has 0 radical (unpaired) electrons. The molecule has 0 amide bonds. The van der Waals surface area contributed by atoms with E-state index in [1.165, 1.54) is 10.8 Å². The van der Waals surface area contributed by atoms with E-state index < -0.39 is 23.1 Å². The Morgan fingerprint density at radius 1 is 0.967 bits per heavy atom. The number of aromatic amines is 1. The summed E-state index contributed by atoms with van der Waals surface area (Å²) in [5.41, 5.74) is 0.953. The van der Waals surface area contributed by atoms with Crippen LogP contribution in [0.1, 0.15) is 38.9 Å². The number of para-hydroxylation sites is 1. The van der Waals surface area contributed by atoms with E-state index >= 15 is 0 Å². The van der Waals surface area contributed by atoms with Crippen molar-refractivity contribution < 1.29 is 19.1 Å². The van der Waals surface area contributed by atoms with E-state index in [0.29, 0.717) is 16.8 Å². The number of ether oxygens (including phenoxy) is 1. The first-order chi connectivity index (χ1) is 14.5. The number of allylic oxidation sites excluding steroid dienone is 1. The number of H-pyrrole nitrogens is 1. The molecular weight excluding hydrogens is 384 g/mol. The molecule has 0 atom stereocenters. The molecule has 7 heteroatoms. The summed E-state index contributed by atoms with van der Waals surface area (Å²) in [6.45, 7) is 1.89. The normalized spacial score (nSPS) is 12.8. The van der Waals surface area contributed by atoms with E-state index in [-0.39, 0.29) is 29.9 Å². The SMILES string of the molecule is CCOC(=O)Cc1[nH]n(-c2ccccc2)c(=O)c1C=C1C(=O)c2ccccc2C1=O. The van der Waals surface area contributed by atoms with Crippen LogP contribution < -0.4 is 5.56 Å². The van der Waals surface area contributed by atoms with E-state index in [0.717, 1.165) is 0 Å². The predicted octanol–water partition coefficient (Wildman–Crippen LogP) is 2.73. The first-order valence-corrected chi connectivity index (χ1v) is 9.46. The zero-order valence-corrected chi connectivity index (χ0v) is 16.2. The second kappa shape index (κ2) is 7.79. The first kappa shape index (κ1) is 19.3. The molecule has 7 nitrogen and oxygen atoms in total. The first-order valence-electron chi connectivity index (χ1n) is 9.46. The van der Waals surface area contributed by atoms with Crippen LogP contribution in [-0.4, -0.2) is 33.9 Å². The lowest BCUT2D eigenvalue weighted by Crippen LogP contribution is -2.16. The molecule has 0 bridgehead atoms. The summed E-state index contributed by atoms with van der Waals surface area (Å²) in [5.74, 6) is -1.40. The lowest BCUT2D eigenvalue weighted by molar-refractivity contribution is -0.142. The molecule has 0 saturated carbocycles. The fourth-order valence-electron chi connectivity index (χ4n) is 3.44. The summed E-state index contributed by atoms with van der Waals surface area (Å²) in [6, 6.07) is 15.3. The van der Waals surface area contributed by atoms with Crippen molar-refractivity contribution in [3.63, 3.8) is 0 Å². The van der Waals surface area contributed by atoms with E-state index in [1.807, 2.05) is 6.07 Å². The van der Waals surface area contributed by atoms with Crippen molar-refractivity contribution in [2.45, 2.75) is 13.3 Å². The largest absolute Gasteiger partial charge is 0.466 e. The maximum atomic E-state index is 13.1. The highest BCUT2D eigenvalue weighted by Crippen LogP contribution is 2.27. The van der Waals surface area contributed by atoms with Gasteiger partial charge >= 0.3 is 5.97 Å². The van der Waals surface area contributed by atoms with Gasteiger partial charge in [-0.3, -0.25) is 24.3 Å². The van der Waals surface area contributed by atoms with E-state index in [4.69, 9.17) is 4.74 Å². The van der Waals surface area contributed by atoms with Gasteiger partial charge < -0.3 is 4.74 Å². The Hall–Kier alpha value is -4.00. The molecule has 0 unspecified atom stereocenters. The zero-order chi connectivity index (χ0) is 21.3. The highest BCUT2D eigenvalue weighted by molar-refractivity contribution is 6.41. The van der Waals surface area contributed by atoms with Gasteiger partial charge in [0.25, 0.3) is 5.56 Å². The zero-order valence-electron chi connectivity index (χ0n) is 16.2. The van der Waals surface area contributed by atoms with Crippen LogP contribution in [0.15, 0.2) is 65.0 Å². The molecule has 1 aromatic heterocycles. The van der Waals surface area contributed by atoms with Crippen molar-refractivity contribution in [1.29, 1.82) is 0 Å². The Balaban J connectivity index is 1.85. The maximum Gasteiger partial charge on any atom is 0.311 e. The van der Waals surface area contributed by atoms with Crippen molar-refractivity contribution in [3.05, 3.63) is 92.9 Å². The minimum Gasteiger partial charge on any atom is -0.466 e. The standard InChI is InChI=1S/C23H18N2O5/c1-2-30-20(26)13-19-17(23(29)25(24-19)14-8-4-3-5-9-14)12-18-21(27)15-10-6-7-11-16(15)22(18)28/h3-12,24H,2,13H2,1H3. The number of nitrogens with one attached hydrogen (secondary N) is 1. The van der Waals surface area contributed by atoms with Crippen molar-refractivity contribution >= 4 is 23.6 Å². The summed E-state index contributed by atoms with van der Waals surface area (Å²) in [5, 5.41) is 2.92. The van der Waals surface area contributed by atoms with Crippen molar-refractivity contribution in [2.24, 2.45) is 0 Å². The van der Waals surface area contributed by atoms with Crippen LogP contribution in [0, 0.1) is 0 Å². The number of benzene rings is 2. The van der Waals surface area contributed by atoms with Gasteiger partial charge in [-0.25, -0.2) is 4.68 Å². The number of Topliss-reactive ketones (excluding diaryl/α,β-unsaturated/α-hetero) is 2. The molecule has 1 heterocycles. The van der Waals surface area contributed by atoms with Crippen LogP contribution in [0.25, 0.3) is 11.8 Å². The van der Waals surface area contributed by atoms with Crippen molar-refractivity contribution in [1.82, 2.24) is 9.78 Å². The van der Waals surface area contributed by atoms with Crippen molar-refractivity contribution in [2.75, 3.05) is 6.61 Å². The minimum atomic E-state index is -0.522. The fraction of sp³-hybridized carbons (Fsp3) is 0.130. The molecule has 3 aromatic rings. The van der Waals surface area contributed by atoms with Gasteiger partial charge in [0.1, 0.15) is 0 Å². The Kier molecular flexibility index (Phi) is 5.02. The van der Waals surface area contributed by atoms with E-state index in [9.17, 15) is 19.2 Å². The molecule has 30 heavy (non-hydrogen) atoms. The lowest BCUT2D eigenvalue weighted by atomic mass is 10.1. The number of rotatable bonds is 5. The van der Waals surface area contributed by atoms with Crippen LogP contribution in [0.5, 0.6) is 0 Å². The minimum absolute atomic E-state index is 0.0800. The van der Waals surface area contributed by atoms with Gasteiger partial charge in [0.15, 0.2) is 11.6 Å². The van der Waals surface area contributed by atoms with Crippen LogP contribution in [-0.2, 0) is 16.0 Å². The number of hydrogen-bond donors (Lipinski definition) is 1. The summed E-state index contributed by atoms with van der Waals surface area (Å²) in [6.07, 6.45) is 1.08. The molecular formula is C23H18N2O5. The lowest BCUT2D eigenvalue weighted by Gasteiger charge is -2.02. The molecule has 0 aliphatic heterocycles. The Bertz CT molecular complexity index is 1210. The molecule has 1 N–H and O–H groups in total. The number of aromatic nitrogens is 2. The Morgan fingerprint density at radius 3 is 2.17 bits per heavy atom. The molecule has 1 aliphatic rings. The smallest absolute Gasteiger partial charge is 0.311 e. The second-order valence-electron chi connectivity index (χ2n) is 6.72. The van der Waals surface area contributed by atoms with Gasteiger partial charge in [0.05, 0.1) is 35.5 Å². The number of carbonyl (C=O) groups excluding carboxylic acids is 3. The van der Waals surface area contributed by atoms with E-state index in [1.54, 1.807) is 55.5 Å². The molecule has 0 saturated heterocycles. The summed E-state index contributed by atoms with van der Waals surface area (Å²) in [4.78, 5) is 50.6. The highest BCUT2D eigenvalue weighted by Gasteiger charge is 2.33. The van der Waals surface area contributed by atoms with Gasteiger partial charge in [0, 0.05) is 11.1 Å². The van der Waals surface area contributed by atoms with Gasteiger partial charge in [-0.1, -0.05) is 42.5 Å². The summed E-state index contributed by atoms with van der Waals surface area (Å²) >= 11 is 0. The van der Waals surface area contributed by atoms with Gasteiger partial charge in [0.2, 0.25) is 0 Å². The molecule has 0 fully saturated rings. The number of carbonyl (C=O) groups is 3. The monoisotopic (exact) mass is 402 g/mol. The quantitative estimate of drug-likeness (QED) is 0.402. The van der Waals surface area contributed by atoms with Crippen molar-refractivity contribution in [3.8, 4) is 5.69 Å². The third-order valence-corrected chi connectivity index (χ3v) is 4.84. The van der Waals surface area contributed by atoms with Crippen LogP contribution >= 0.6 is 0 Å². The van der Waals surface area contributed by atoms with E-state index in [2.05, 4.69) is 5.10 Å². The second-order valence-corrected chi connectivity index (χ2v) is 6.72. The van der Waals surface area contributed by atoms with Gasteiger partial charge in [-0.2, -0.15) is 0 Å². The molecule has 150 valence electrons. The molecule has 2 aromatic carbocycles. The Morgan fingerprint density at radius 2 is 1.57 bits per heavy atom. The number of esters is 1. The van der Waals surface area contributed by atoms with Gasteiger partial charge in [-0.15, -0.1) is 0 Å². The molecule has 0 spiro atoms. The maximum absolute atomic E-state index is 13.1. The topological polar surface area (TPSA) is 98.2 Å². The molecule has 1 aliphatic carbocycles. The third kappa shape index (κ3) is 3.30. The van der Waals surface area contributed by atoms with Crippen LogP contribution in [0.4, 0.5) is 0 Å².